The minimum Gasteiger partial charge on any atom is -0.338 e. The number of aromatic nitrogens is 4. The Labute approximate surface area is 201 Å². The predicted molar refractivity (Wildman–Crippen MR) is 124 cm³/mol. The van der Waals surface area contributed by atoms with Crippen molar-refractivity contribution in [2.75, 3.05) is 18.0 Å². The van der Waals surface area contributed by atoms with Gasteiger partial charge >= 0.3 is 0 Å². The van der Waals surface area contributed by atoms with E-state index in [9.17, 15) is 9.18 Å². The molecule has 1 unspecified atom stereocenters. The number of carbonyl (C=O) groups is 1. The van der Waals surface area contributed by atoms with Gasteiger partial charge in [0.15, 0.2) is 0 Å². The van der Waals surface area contributed by atoms with E-state index in [1.54, 1.807) is 17.3 Å². The first-order chi connectivity index (χ1) is 17.0. The third-order valence-electron chi connectivity index (χ3n) is 6.58. The summed E-state index contributed by atoms with van der Waals surface area (Å²) >= 11 is 0. The molecule has 0 N–H and O–H groups in total. The van der Waals surface area contributed by atoms with Gasteiger partial charge in [-0.05, 0) is 49.4 Å². The number of halogens is 2. The predicted octanol–water partition coefficient (Wildman–Crippen LogP) is 3.46. The Hall–Kier alpha value is -3.87. The number of nitrogens with zero attached hydrogens (tertiary/aromatic N) is 7. The van der Waals surface area contributed by atoms with E-state index in [-0.39, 0.29) is 35.4 Å². The first-order valence-electron chi connectivity index (χ1n) is 11.7. The van der Waals surface area contributed by atoms with E-state index < -0.39 is 18.0 Å². The molecule has 2 aliphatic rings. The van der Waals surface area contributed by atoms with Crippen molar-refractivity contribution in [2.24, 2.45) is 0 Å². The summed E-state index contributed by atoms with van der Waals surface area (Å²) in [6.45, 7) is 2.67. The lowest BCUT2D eigenvalue weighted by Gasteiger charge is -2.40. The standard InChI is InChI=1S/C25H25F2N7O/c1-2-16-11-29-25(30-12-16)32-8-7-23(20(27)13-32)34(18-4-5-18)24(35)21-14-33(15-31-21)22-6-3-17(10-28)9-19(22)26/h3,6,9,11-12,14-15,18,20,23H,2,4-5,7-8,13H2,1H3/t20?,23-/m1/s1. The average Bonchev–Trinajstić information content (AvgIpc) is 3.59. The molecule has 1 saturated heterocycles. The highest BCUT2D eigenvalue weighted by molar-refractivity contribution is 5.93. The minimum atomic E-state index is -1.26. The summed E-state index contributed by atoms with van der Waals surface area (Å²) < 4.78 is 31.3. The van der Waals surface area contributed by atoms with E-state index in [0.717, 1.165) is 30.9 Å². The van der Waals surface area contributed by atoms with Crippen molar-refractivity contribution < 1.29 is 13.6 Å². The van der Waals surface area contributed by atoms with Crippen molar-refractivity contribution in [3.63, 3.8) is 0 Å². The van der Waals surface area contributed by atoms with Gasteiger partial charge in [0, 0.05) is 31.2 Å². The van der Waals surface area contributed by atoms with Crippen molar-refractivity contribution in [1.29, 1.82) is 5.26 Å². The maximum Gasteiger partial charge on any atom is 0.274 e. The van der Waals surface area contributed by atoms with Gasteiger partial charge in [0.25, 0.3) is 5.91 Å². The highest BCUT2D eigenvalue weighted by Crippen LogP contribution is 2.34. The maximum atomic E-state index is 15.4. The zero-order valence-corrected chi connectivity index (χ0v) is 19.3. The fraction of sp³-hybridized carbons (Fsp3) is 0.400. The molecule has 35 heavy (non-hydrogen) atoms. The lowest BCUT2D eigenvalue weighted by molar-refractivity contribution is 0.0481. The summed E-state index contributed by atoms with van der Waals surface area (Å²) in [4.78, 5) is 29.8. The van der Waals surface area contributed by atoms with Crippen molar-refractivity contribution >= 4 is 11.9 Å². The first-order valence-corrected chi connectivity index (χ1v) is 11.7. The van der Waals surface area contributed by atoms with Gasteiger partial charge in [-0.1, -0.05) is 6.92 Å². The number of hydrogen-bond donors (Lipinski definition) is 0. The number of nitriles is 1. The highest BCUT2D eigenvalue weighted by Gasteiger charge is 2.44. The molecule has 2 aromatic heterocycles. The Morgan fingerprint density at radius 1 is 1.23 bits per heavy atom. The monoisotopic (exact) mass is 477 g/mol. The van der Waals surface area contributed by atoms with E-state index in [4.69, 9.17) is 5.26 Å². The van der Waals surface area contributed by atoms with Gasteiger partial charge in [0.05, 0.1) is 29.9 Å². The number of benzene rings is 1. The van der Waals surface area contributed by atoms with Crippen molar-refractivity contribution in [2.45, 2.75) is 50.9 Å². The Balaban J connectivity index is 1.32. The summed E-state index contributed by atoms with van der Waals surface area (Å²) in [6, 6.07) is 5.39. The molecule has 3 aromatic rings. The van der Waals surface area contributed by atoms with Crippen LogP contribution in [0.1, 0.15) is 47.8 Å². The molecule has 8 nitrogen and oxygen atoms in total. The lowest BCUT2D eigenvalue weighted by atomic mass is 10.0. The summed E-state index contributed by atoms with van der Waals surface area (Å²) in [5.74, 6) is -0.453. The van der Waals surface area contributed by atoms with Gasteiger partial charge in [-0.15, -0.1) is 0 Å². The van der Waals surface area contributed by atoms with Gasteiger partial charge in [0.2, 0.25) is 5.95 Å². The molecule has 0 spiro atoms. The molecule has 2 atom stereocenters. The third-order valence-corrected chi connectivity index (χ3v) is 6.58. The van der Waals surface area contributed by atoms with Gasteiger partial charge in [-0.2, -0.15) is 5.26 Å². The summed E-state index contributed by atoms with van der Waals surface area (Å²) in [6.07, 6.45) is 8.00. The van der Waals surface area contributed by atoms with E-state index in [0.29, 0.717) is 18.9 Å². The number of anilines is 1. The van der Waals surface area contributed by atoms with E-state index >= 15 is 4.39 Å². The van der Waals surface area contributed by atoms with E-state index in [2.05, 4.69) is 15.0 Å². The van der Waals surface area contributed by atoms with Crippen LogP contribution in [0.25, 0.3) is 5.69 Å². The van der Waals surface area contributed by atoms with Gasteiger partial charge in [0.1, 0.15) is 24.0 Å². The second kappa shape index (κ2) is 9.41. The molecule has 3 heterocycles. The van der Waals surface area contributed by atoms with Crippen molar-refractivity contribution in [3.05, 3.63) is 65.8 Å². The SMILES string of the molecule is CCc1cnc(N2CC[C@@H](N(C(=O)c3cn(-c4ccc(C#N)cc4F)cn3)C3CC3)C(F)C2)nc1. The normalized spacial score (nSPS) is 19.9. The van der Waals surface area contributed by atoms with Crippen LogP contribution in [0, 0.1) is 17.1 Å². The number of alkyl halides is 1. The Morgan fingerprint density at radius 2 is 2.00 bits per heavy atom. The van der Waals surface area contributed by atoms with Crippen molar-refractivity contribution in [3.8, 4) is 11.8 Å². The summed E-state index contributed by atoms with van der Waals surface area (Å²) in [7, 11) is 0. The molecule has 1 amide bonds. The van der Waals surface area contributed by atoms with E-state index in [1.165, 1.54) is 29.2 Å². The van der Waals surface area contributed by atoms with Crippen LogP contribution in [-0.2, 0) is 6.42 Å². The number of amides is 1. The fourth-order valence-corrected chi connectivity index (χ4v) is 4.50. The zero-order valence-electron chi connectivity index (χ0n) is 19.3. The summed E-state index contributed by atoms with van der Waals surface area (Å²) in [5.41, 5.74) is 1.54. The van der Waals surface area contributed by atoms with Crippen molar-refractivity contribution in [1.82, 2.24) is 24.4 Å². The van der Waals surface area contributed by atoms with Crippen LogP contribution in [0.4, 0.5) is 14.7 Å². The Kier molecular flexibility index (Phi) is 6.16. The maximum absolute atomic E-state index is 15.4. The molecule has 1 aromatic carbocycles. The molecule has 5 rings (SSSR count). The number of aryl methyl sites for hydroxylation is 1. The summed E-state index contributed by atoms with van der Waals surface area (Å²) in [5, 5.41) is 8.94. The molecule has 1 aliphatic heterocycles. The number of piperidine rings is 1. The Bertz CT molecular complexity index is 1270. The van der Waals surface area contributed by atoms with Crippen LogP contribution in [0.2, 0.25) is 0 Å². The molecule has 0 radical (unpaired) electrons. The minimum absolute atomic E-state index is 0.0193. The molecule has 2 fully saturated rings. The average molecular weight is 478 g/mol. The van der Waals surface area contributed by atoms with Crippen LogP contribution in [0.5, 0.6) is 0 Å². The van der Waals surface area contributed by atoms with Crippen LogP contribution >= 0.6 is 0 Å². The molecular weight excluding hydrogens is 452 g/mol. The molecule has 1 aliphatic carbocycles. The smallest absolute Gasteiger partial charge is 0.274 e. The van der Waals surface area contributed by atoms with Gasteiger partial charge < -0.3 is 14.4 Å². The highest BCUT2D eigenvalue weighted by atomic mass is 19.1. The van der Waals surface area contributed by atoms with Crippen LogP contribution in [-0.4, -0.2) is 61.7 Å². The van der Waals surface area contributed by atoms with E-state index in [1.807, 2.05) is 17.9 Å². The number of carbonyl (C=O) groups excluding carboxylic acids is 1. The van der Waals surface area contributed by atoms with Crippen LogP contribution < -0.4 is 4.90 Å². The second-order valence-electron chi connectivity index (χ2n) is 8.95. The molecular formula is C25H25F2N7O. The largest absolute Gasteiger partial charge is 0.338 e. The quantitative estimate of drug-likeness (QED) is 0.540. The second-order valence-corrected chi connectivity index (χ2v) is 8.95. The topological polar surface area (TPSA) is 90.9 Å². The first kappa shape index (κ1) is 22.9. The van der Waals surface area contributed by atoms with Gasteiger partial charge in [-0.3, -0.25) is 4.79 Å². The third kappa shape index (κ3) is 4.58. The molecule has 10 heteroatoms. The number of hydrogen-bond acceptors (Lipinski definition) is 6. The number of rotatable bonds is 6. The number of imidazole rings is 1. The lowest BCUT2D eigenvalue weighted by Crippen LogP contribution is -2.55. The Morgan fingerprint density at radius 3 is 2.63 bits per heavy atom. The van der Waals surface area contributed by atoms with Crippen LogP contribution in [0.15, 0.2) is 43.1 Å². The zero-order chi connectivity index (χ0) is 24.5. The molecule has 1 saturated carbocycles. The van der Waals surface area contributed by atoms with Gasteiger partial charge in [-0.25, -0.2) is 23.7 Å². The molecule has 0 bridgehead atoms. The fourth-order valence-electron chi connectivity index (χ4n) is 4.50. The molecule has 180 valence electrons. The van der Waals surface area contributed by atoms with Crippen LogP contribution in [0.3, 0.4) is 0 Å².